The minimum absolute atomic E-state index is 0.461. The third-order valence-corrected chi connectivity index (χ3v) is 4.54. The molecular weight excluding hydrogens is 284 g/mol. The SMILES string of the molecule is Cc1nc2ccccc2nc1COc1ccc2c(c1)CCCC2. The summed E-state index contributed by atoms with van der Waals surface area (Å²) < 4.78 is 5.99. The molecule has 2 aromatic carbocycles. The van der Waals surface area contributed by atoms with Gasteiger partial charge in [-0.15, -0.1) is 0 Å². The fourth-order valence-corrected chi connectivity index (χ4v) is 3.21. The van der Waals surface area contributed by atoms with Crippen LogP contribution in [-0.4, -0.2) is 9.97 Å². The molecule has 0 saturated heterocycles. The van der Waals surface area contributed by atoms with Crippen LogP contribution < -0.4 is 4.74 Å². The molecule has 116 valence electrons. The molecular formula is C20H20N2O. The second kappa shape index (κ2) is 5.99. The molecule has 0 amide bonds. The molecule has 0 N–H and O–H groups in total. The predicted molar refractivity (Wildman–Crippen MR) is 91.7 cm³/mol. The normalized spacial score (nSPS) is 13.8. The monoisotopic (exact) mass is 304 g/mol. The lowest BCUT2D eigenvalue weighted by molar-refractivity contribution is 0.299. The van der Waals surface area contributed by atoms with Gasteiger partial charge in [-0.25, -0.2) is 9.97 Å². The Labute approximate surface area is 136 Å². The quantitative estimate of drug-likeness (QED) is 0.719. The van der Waals surface area contributed by atoms with Gasteiger partial charge in [0.05, 0.1) is 22.4 Å². The topological polar surface area (TPSA) is 35.0 Å². The van der Waals surface area contributed by atoms with E-state index in [-0.39, 0.29) is 0 Å². The van der Waals surface area contributed by atoms with E-state index < -0.39 is 0 Å². The molecule has 0 radical (unpaired) electrons. The van der Waals surface area contributed by atoms with Crippen molar-refractivity contribution < 1.29 is 4.74 Å². The van der Waals surface area contributed by atoms with E-state index in [9.17, 15) is 0 Å². The second-order valence-corrected chi connectivity index (χ2v) is 6.17. The number of fused-ring (bicyclic) bond motifs is 2. The average Bonchev–Trinajstić information content (AvgIpc) is 2.59. The molecule has 3 aromatic rings. The molecule has 0 atom stereocenters. The lowest BCUT2D eigenvalue weighted by atomic mass is 9.92. The van der Waals surface area contributed by atoms with Crippen LogP contribution in [0.5, 0.6) is 5.75 Å². The molecule has 0 aliphatic heterocycles. The number of ether oxygens (including phenoxy) is 1. The van der Waals surface area contributed by atoms with E-state index in [2.05, 4.69) is 28.2 Å². The Balaban J connectivity index is 1.56. The van der Waals surface area contributed by atoms with Gasteiger partial charge >= 0.3 is 0 Å². The molecule has 3 nitrogen and oxygen atoms in total. The van der Waals surface area contributed by atoms with Gasteiger partial charge < -0.3 is 4.74 Å². The summed E-state index contributed by atoms with van der Waals surface area (Å²) in [5, 5.41) is 0. The smallest absolute Gasteiger partial charge is 0.132 e. The minimum Gasteiger partial charge on any atom is -0.487 e. The number of aromatic nitrogens is 2. The van der Waals surface area contributed by atoms with Crippen molar-refractivity contribution in [1.82, 2.24) is 9.97 Å². The molecule has 0 unspecified atom stereocenters. The maximum absolute atomic E-state index is 5.99. The van der Waals surface area contributed by atoms with Crippen molar-refractivity contribution in [1.29, 1.82) is 0 Å². The van der Waals surface area contributed by atoms with E-state index in [0.29, 0.717) is 6.61 Å². The van der Waals surface area contributed by atoms with Crippen LogP contribution in [0, 0.1) is 6.92 Å². The first-order valence-electron chi connectivity index (χ1n) is 8.26. The van der Waals surface area contributed by atoms with Gasteiger partial charge in [-0.2, -0.15) is 0 Å². The van der Waals surface area contributed by atoms with Crippen LogP contribution in [0.1, 0.15) is 35.4 Å². The van der Waals surface area contributed by atoms with Gasteiger partial charge in [0.25, 0.3) is 0 Å². The molecule has 1 heterocycles. The highest BCUT2D eigenvalue weighted by atomic mass is 16.5. The van der Waals surface area contributed by atoms with Crippen molar-refractivity contribution in [2.45, 2.75) is 39.2 Å². The zero-order valence-electron chi connectivity index (χ0n) is 13.4. The van der Waals surface area contributed by atoms with Gasteiger partial charge in [-0.05, 0) is 68.0 Å². The summed E-state index contributed by atoms with van der Waals surface area (Å²) in [7, 11) is 0. The second-order valence-electron chi connectivity index (χ2n) is 6.17. The summed E-state index contributed by atoms with van der Waals surface area (Å²) >= 11 is 0. The molecule has 0 spiro atoms. The summed E-state index contributed by atoms with van der Waals surface area (Å²) in [6.07, 6.45) is 4.96. The molecule has 1 aliphatic rings. The van der Waals surface area contributed by atoms with E-state index in [4.69, 9.17) is 4.74 Å². The van der Waals surface area contributed by atoms with Crippen molar-refractivity contribution in [2.24, 2.45) is 0 Å². The minimum atomic E-state index is 0.461. The number of hydrogen-bond acceptors (Lipinski definition) is 3. The molecule has 3 heteroatoms. The molecule has 4 rings (SSSR count). The first-order valence-corrected chi connectivity index (χ1v) is 8.26. The Kier molecular flexibility index (Phi) is 3.70. The summed E-state index contributed by atoms with van der Waals surface area (Å²) in [4.78, 5) is 9.31. The van der Waals surface area contributed by atoms with Gasteiger partial charge in [-0.1, -0.05) is 18.2 Å². The highest BCUT2D eigenvalue weighted by Crippen LogP contribution is 2.26. The van der Waals surface area contributed by atoms with Gasteiger partial charge in [0.2, 0.25) is 0 Å². The number of benzene rings is 2. The first-order chi connectivity index (χ1) is 11.3. The fourth-order valence-electron chi connectivity index (χ4n) is 3.21. The summed E-state index contributed by atoms with van der Waals surface area (Å²) in [5.41, 5.74) is 6.60. The van der Waals surface area contributed by atoms with E-state index in [1.807, 2.05) is 31.2 Å². The Morgan fingerprint density at radius 1 is 0.913 bits per heavy atom. The Morgan fingerprint density at radius 3 is 2.48 bits per heavy atom. The lowest BCUT2D eigenvalue weighted by Crippen LogP contribution is -2.05. The van der Waals surface area contributed by atoms with Crippen molar-refractivity contribution in [2.75, 3.05) is 0 Å². The van der Waals surface area contributed by atoms with Crippen molar-refractivity contribution in [3.05, 3.63) is 65.0 Å². The summed E-state index contributed by atoms with van der Waals surface area (Å²) in [5.74, 6) is 0.931. The van der Waals surface area contributed by atoms with Crippen LogP contribution in [0.4, 0.5) is 0 Å². The third kappa shape index (κ3) is 2.91. The number of para-hydroxylation sites is 2. The maximum atomic E-state index is 5.99. The van der Waals surface area contributed by atoms with Crippen LogP contribution in [0.25, 0.3) is 11.0 Å². The predicted octanol–water partition coefficient (Wildman–Crippen LogP) is 4.40. The third-order valence-electron chi connectivity index (χ3n) is 4.54. The van der Waals surface area contributed by atoms with Crippen LogP contribution in [0.15, 0.2) is 42.5 Å². The van der Waals surface area contributed by atoms with Crippen LogP contribution in [-0.2, 0) is 19.4 Å². The summed E-state index contributed by atoms with van der Waals surface area (Å²) in [6.45, 7) is 2.45. The van der Waals surface area contributed by atoms with Crippen molar-refractivity contribution >= 4 is 11.0 Å². The van der Waals surface area contributed by atoms with Crippen LogP contribution in [0.3, 0.4) is 0 Å². The fraction of sp³-hybridized carbons (Fsp3) is 0.300. The largest absolute Gasteiger partial charge is 0.487 e. The van der Waals surface area contributed by atoms with Gasteiger partial charge in [0.1, 0.15) is 12.4 Å². The Morgan fingerprint density at radius 2 is 1.65 bits per heavy atom. The number of rotatable bonds is 3. The average molecular weight is 304 g/mol. The molecule has 0 fully saturated rings. The standard InChI is InChI=1S/C20H20N2O/c1-14-20(22-19-9-5-4-8-18(19)21-14)13-23-17-11-10-15-6-2-3-7-16(15)12-17/h4-5,8-12H,2-3,6-7,13H2,1H3. The molecule has 23 heavy (non-hydrogen) atoms. The van der Waals surface area contributed by atoms with Gasteiger partial charge in [-0.3, -0.25) is 0 Å². The lowest BCUT2D eigenvalue weighted by Gasteiger charge is -2.17. The van der Waals surface area contributed by atoms with E-state index in [0.717, 1.165) is 28.2 Å². The van der Waals surface area contributed by atoms with Crippen LogP contribution >= 0.6 is 0 Å². The maximum Gasteiger partial charge on any atom is 0.132 e. The Hall–Kier alpha value is -2.42. The Bertz CT molecular complexity index is 857. The van der Waals surface area contributed by atoms with E-state index in [1.165, 1.54) is 36.8 Å². The highest BCUT2D eigenvalue weighted by molar-refractivity contribution is 5.74. The van der Waals surface area contributed by atoms with Gasteiger partial charge in [0, 0.05) is 0 Å². The van der Waals surface area contributed by atoms with E-state index >= 15 is 0 Å². The molecule has 1 aromatic heterocycles. The molecule has 1 aliphatic carbocycles. The zero-order valence-corrected chi connectivity index (χ0v) is 13.4. The number of nitrogens with zero attached hydrogens (tertiary/aromatic N) is 2. The van der Waals surface area contributed by atoms with E-state index in [1.54, 1.807) is 0 Å². The first kappa shape index (κ1) is 14.2. The zero-order chi connectivity index (χ0) is 15.6. The molecule has 0 saturated carbocycles. The number of hydrogen-bond donors (Lipinski definition) is 0. The van der Waals surface area contributed by atoms with Gasteiger partial charge in [0.15, 0.2) is 0 Å². The summed E-state index contributed by atoms with van der Waals surface area (Å²) in [6, 6.07) is 14.4. The number of aryl methyl sites for hydroxylation is 3. The highest BCUT2D eigenvalue weighted by Gasteiger charge is 2.11. The van der Waals surface area contributed by atoms with Crippen LogP contribution in [0.2, 0.25) is 0 Å². The molecule has 0 bridgehead atoms. The van der Waals surface area contributed by atoms with Crippen molar-refractivity contribution in [3.63, 3.8) is 0 Å². The van der Waals surface area contributed by atoms with Crippen molar-refractivity contribution in [3.8, 4) is 5.75 Å².